The van der Waals surface area contributed by atoms with Gasteiger partial charge in [0.25, 0.3) is 5.91 Å². The lowest BCUT2D eigenvalue weighted by molar-refractivity contribution is 0.0948. The number of carbonyl (C=O) groups excluding carboxylic acids is 1. The van der Waals surface area contributed by atoms with E-state index in [1.165, 1.54) is 12.1 Å². The molecule has 0 unspecified atom stereocenters. The van der Waals surface area contributed by atoms with E-state index in [0.29, 0.717) is 31.0 Å². The number of imidazole rings is 1. The van der Waals surface area contributed by atoms with Crippen molar-refractivity contribution >= 4 is 28.8 Å². The molecule has 0 atom stereocenters. The highest BCUT2D eigenvalue weighted by Gasteiger charge is 2.13. The first-order valence-corrected chi connectivity index (χ1v) is 11.7. The van der Waals surface area contributed by atoms with Gasteiger partial charge >= 0.3 is 0 Å². The second-order valence-electron chi connectivity index (χ2n) is 7.54. The number of benzene rings is 2. The van der Waals surface area contributed by atoms with Crippen LogP contribution in [-0.4, -0.2) is 40.7 Å². The molecule has 6 nitrogen and oxygen atoms in total. The van der Waals surface area contributed by atoms with Gasteiger partial charge in [0.05, 0.1) is 6.54 Å². The molecule has 4 rings (SSSR count). The smallest absolute Gasteiger partial charge is 0.251 e. The molecule has 0 aliphatic rings. The first-order valence-electron chi connectivity index (χ1n) is 10.7. The Kier molecular flexibility index (Phi) is 7.70. The summed E-state index contributed by atoms with van der Waals surface area (Å²) in [6.07, 6.45) is 2.53. The molecule has 33 heavy (non-hydrogen) atoms. The monoisotopic (exact) mass is 464 g/mol. The van der Waals surface area contributed by atoms with Crippen molar-refractivity contribution in [1.29, 1.82) is 0 Å². The molecule has 2 aromatic heterocycles. The molecule has 4 aromatic rings. The zero-order valence-electron chi connectivity index (χ0n) is 18.3. The number of hydrogen-bond donors (Lipinski definition) is 1. The lowest BCUT2D eigenvalue weighted by Crippen LogP contribution is -2.25. The minimum Gasteiger partial charge on any atom is -0.385 e. The minimum absolute atomic E-state index is 0.0857. The highest BCUT2D eigenvalue weighted by atomic mass is 32.2. The molecule has 170 valence electrons. The van der Waals surface area contributed by atoms with Crippen LogP contribution in [0.4, 0.5) is 4.39 Å². The van der Waals surface area contributed by atoms with E-state index in [9.17, 15) is 9.18 Å². The number of methoxy groups -OCH3 is 1. The Balaban J connectivity index is 1.44. The number of carbonyl (C=O) groups is 1. The van der Waals surface area contributed by atoms with Gasteiger partial charge in [-0.25, -0.2) is 14.4 Å². The maximum absolute atomic E-state index is 13.3. The number of thioether (sulfide) groups is 1. The fourth-order valence-corrected chi connectivity index (χ4v) is 4.34. The Hall–Kier alpha value is -3.23. The molecule has 0 bridgehead atoms. The number of ether oxygens (including phenoxy) is 1. The number of pyridine rings is 1. The van der Waals surface area contributed by atoms with E-state index in [1.54, 1.807) is 37.2 Å². The summed E-state index contributed by atoms with van der Waals surface area (Å²) in [6.45, 7) is 1.76. The second kappa shape index (κ2) is 11.1. The third kappa shape index (κ3) is 5.97. The Morgan fingerprint density at radius 2 is 1.85 bits per heavy atom. The maximum Gasteiger partial charge on any atom is 0.251 e. The van der Waals surface area contributed by atoms with E-state index in [-0.39, 0.29) is 11.7 Å². The average Bonchev–Trinajstić information content (AvgIpc) is 3.19. The van der Waals surface area contributed by atoms with Gasteiger partial charge in [0, 0.05) is 37.8 Å². The van der Waals surface area contributed by atoms with Crippen molar-refractivity contribution in [3.63, 3.8) is 0 Å². The third-order valence-corrected chi connectivity index (χ3v) is 6.17. The molecule has 0 radical (unpaired) electrons. The lowest BCUT2D eigenvalue weighted by Gasteiger charge is -2.09. The summed E-state index contributed by atoms with van der Waals surface area (Å²) >= 11 is 1.61. The van der Waals surface area contributed by atoms with E-state index < -0.39 is 0 Å². The van der Waals surface area contributed by atoms with Crippen molar-refractivity contribution in [2.75, 3.05) is 20.3 Å². The number of rotatable bonds is 10. The first kappa shape index (κ1) is 22.9. The average molecular weight is 465 g/mol. The van der Waals surface area contributed by atoms with Gasteiger partial charge < -0.3 is 10.1 Å². The summed E-state index contributed by atoms with van der Waals surface area (Å²) in [7, 11) is 1.65. The zero-order chi connectivity index (χ0) is 23.0. The Morgan fingerprint density at radius 1 is 1.09 bits per heavy atom. The first-order chi connectivity index (χ1) is 16.1. The molecule has 8 heteroatoms. The van der Waals surface area contributed by atoms with Gasteiger partial charge in [-0.05, 0) is 53.9 Å². The highest BCUT2D eigenvalue weighted by molar-refractivity contribution is 7.98. The van der Waals surface area contributed by atoms with Gasteiger partial charge in [-0.3, -0.25) is 9.36 Å². The summed E-state index contributed by atoms with van der Waals surface area (Å²) in [5, 5.41) is 3.73. The molecule has 0 saturated heterocycles. The van der Waals surface area contributed by atoms with Crippen molar-refractivity contribution in [3.8, 4) is 0 Å². The summed E-state index contributed by atoms with van der Waals surface area (Å²) in [6, 6.07) is 17.9. The molecule has 0 aliphatic carbocycles. The second-order valence-corrected chi connectivity index (χ2v) is 8.48. The number of amides is 1. The number of halogens is 1. The summed E-state index contributed by atoms with van der Waals surface area (Å²) < 4.78 is 20.4. The number of aromatic nitrogens is 3. The van der Waals surface area contributed by atoms with Gasteiger partial charge in [0.15, 0.2) is 10.8 Å². The van der Waals surface area contributed by atoms with Crippen LogP contribution in [-0.2, 0) is 17.0 Å². The van der Waals surface area contributed by atoms with E-state index in [0.717, 1.165) is 33.9 Å². The number of hydrogen-bond acceptors (Lipinski definition) is 5. The predicted molar refractivity (Wildman–Crippen MR) is 128 cm³/mol. The Bertz CT molecular complexity index is 1210. The SMILES string of the molecule is COCCCNC(=O)c1ccc(CSc2nc3cccnc3n2Cc2ccc(F)cc2)cc1. The van der Waals surface area contributed by atoms with Crippen LogP contribution >= 0.6 is 11.8 Å². The Labute approximate surface area is 196 Å². The molecule has 1 N–H and O–H groups in total. The van der Waals surface area contributed by atoms with Crippen molar-refractivity contribution in [2.24, 2.45) is 0 Å². The Morgan fingerprint density at radius 3 is 2.61 bits per heavy atom. The van der Waals surface area contributed by atoms with Crippen molar-refractivity contribution < 1.29 is 13.9 Å². The number of nitrogens with one attached hydrogen (secondary N) is 1. The molecule has 0 spiro atoms. The van der Waals surface area contributed by atoms with E-state index >= 15 is 0 Å². The molecular formula is C25H25FN4O2S. The summed E-state index contributed by atoms with van der Waals surface area (Å²) in [4.78, 5) is 21.5. The van der Waals surface area contributed by atoms with Crippen LogP contribution in [0.25, 0.3) is 11.2 Å². The molecule has 0 aliphatic heterocycles. The van der Waals surface area contributed by atoms with Gasteiger partial charge in [0.1, 0.15) is 11.3 Å². The van der Waals surface area contributed by atoms with Crippen molar-refractivity contribution in [2.45, 2.75) is 23.9 Å². The highest BCUT2D eigenvalue weighted by Crippen LogP contribution is 2.27. The molecular weight excluding hydrogens is 439 g/mol. The molecule has 0 saturated carbocycles. The fraction of sp³-hybridized carbons (Fsp3) is 0.240. The van der Waals surface area contributed by atoms with Crippen LogP contribution < -0.4 is 5.32 Å². The fourth-order valence-electron chi connectivity index (χ4n) is 3.38. The topological polar surface area (TPSA) is 69.0 Å². The molecule has 1 amide bonds. The van der Waals surface area contributed by atoms with E-state index in [1.807, 2.05) is 36.4 Å². The van der Waals surface area contributed by atoms with Crippen molar-refractivity contribution in [1.82, 2.24) is 19.9 Å². The quantitative estimate of drug-likeness (QED) is 0.273. The van der Waals surface area contributed by atoms with Crippen LogP contribution in [0.1, 0.15) is 27.9 Å². The van der Waals surface area contributed by atoms with E-state index in [2.05, 4.69) is 14.9 Å². The molecule has 2 aromatic carbocycles. The van der Waals surface area contributed by atoms with Crippen LogP contribution in [0.3, 0.4) is 0 Å². The maximum atomic E-state index is 13.3. The van der Waals surface area contributed by atoms with Crippen molar-refractivity contribution in [3.05, 3.63) is 89.4 Å². The van der Waals surface area contributed by atoms with Crippen LogP contribution in [0, 0.1) is 5.82 Å². The minimum atomic E-state index is -0.255. The summed E-state index contributed by atoms with van der Waals surface area (Å²) in [5.41, 5.74) is 4.31. The van der Waals surface area contributed by atoms with Gasteiger partial charge in [0.2, 0.25) is 0 Å². The molecule has 0 fully saturated rings. The van der Waals surface area contributed by atoms with Crippen LogP contribution in [0.15, 0.2) is 72.0 Å². The third-order valence-electron chi connectivity index (χ3n) is 5.12. The number of fused-ring (bicyclic) bond motifs is 1. The normalized spacial score (nSPS) is 11.1. The summed E-state index contributed by atoms with van der Waals surface area (Å²) in [5.74, 6) is 0.356. The van der Waals surface area contributed by atoms with Crippen LogP contribution in [0.5, 0.6) is 0 Å². The largest absolute Gasteiger partial charge is 0.385 e. The lowest BCUT2D eigenvalue weighted by atomic mass is 10.1. The van der Waals surface area contributed by atoms with Crippen LogP contribution in [0.2, 0.25) is 0 Å². The van der Waals surface area contributed by atoms with Gasteiger partial charge in [-0.1, -0.05) is 36.0 Å². The standard InChI is InChI=1S/C25H25FN4O2S/c1-32-15-3-14-28-24(31)20-9-5-19(6-10-20)17-33-25-29-22-4-2-13-27-23(22)30(25)16-18-7-11-21(26)12-8-18/h2,4-13H,3,14-17H2,1H3,(H,28,31). The zero-order valence-corrected chi connectivity index (χ0v) is 19.1. The predicted octanol–water partition coefficient (Wildman–Crippen LogP) is 4.68. The van der Waals surface area contributed by atoms with E-state index in [4.69, 9.17) is 9.72 Å². The number of nitrogens with zero attached hydrogens (tertiary/aromatic N) is 3. The molecule has 2 heterocycles. The van der Waals surface area contributed by atoms with Gasteiger partial charge in [-0.15, -0.1) is 0 Å². The van der Waals surface area contributed by atoms with Gasteiger partial charge in [-0.2, -0.15) is 0 Å².